The highest BCUT2D eigenvalue weighted by Crippen LogP contribution is 2.23. The van der Waals surface area contributed by atoms with Gasteiger partial charge in [0.1, 0.15) is 12.1 Å². The summed E-state index contributed by atoms with van der Waals surface area (Å²) in [7, 11) is 0. The van der Waals surface area contributed by atoms with Gasteiger partial charge in [0, 0.05) is 12.6 Å². The van der Waals surface area contributed by atoms with Crippen molar-refractivity contribution in [3.05, 3.63) is 35.9 Å². The van der Waals surface area contributed by atoms with Crippen molar-refractivity contribution >= 4 is 5.91 Å². The maximum atomic E-state index is 12.7. The summed E-state index contributed by atoms with van der Waals surface area (Å²) >= 11 is 0. The number of amides is 1. The monoisotopic (exact) mass is 303 g/mol. The largest absolute Gasteiger partial charge is 0.370 e. The van der Waals surface area contributed by atoms with Gasteiger partial charge in [0.05, 0.1) is 13.2 Å². The van der Waals surface area contributed by atoms with Crippen LogP contribution in [0.25, 0.3) is 0 Å². The van der Waals surface area contributed by atoms with E-state index in [0.717, 1.165) is 24.8 Å². The van der Waals surface area contributed by atoms with E-state index in [1.54, 1.807) is 0 Å². The van der Waals surface area contributed by atoms with Crippen LogP contribution in [0.3, 0.4) is 0 Å². The Bertz CT molecular complexity index is 494. The molecule has 2 aliphatic rings. The van der Waals surface area contributed by atoms with Crippen LogP contribution in [0.2, 0.25) is 0 Å². The first-order valence-electron chi connectivity index (χ1n) is 8.24. The van der Waals surface area contributed by atoms with E-state index in [1.165, 1.54) is 0 Å². The third-order valence-electron chi connectivity index (χ3n) is 4.47. The molecular weight excluding hydrogens is 278 g/mol. The molecule has 2 saturated heterocycles. The summed E-state index contributed by atoms with van der Waals surface area (Å²) in [4.78, 5) is 14.6. The van der Waals surface area contributed by atoms with Crippen LogP contribution in [-0.4, -0.2) is 42.6 Å². The standard InChI is InChI=1S/C17H25N3O2/c1-2-6-14-11-15(19-18-14)17(21)20-9-10-22-16(12-20)13-7-4-3-5-8-13/h3-5,7-8,14-16,18-19H,2,6,9-12H2,1H3. The number of hydrazine groups is 1. The zero-order valence-corrected chi connectivity index (χ0v) is 13.1. The molecule has 3 atom stereocenters. The van der Waals surface area contributed by atoms with Gasteiger partial charge < -0.3 is 9.64 Å². The Balaban J connectivity index is 1.59. The van der Waals surface area contributed by atoms with Crippen LogP contribution >= 0.6 is 0 Å². The maximum absolute atomic E-state index is 12.7. The molecule has 2 aliphatic heterocycles. The molecule has 3 rings (SSSR count). The molecule has 0 spiro atoms. The SMILES string of the molecule is CCCC1CC(C(=O)N2CCOC(c3ccccc3)C2)NN1. The first-order valence-corrected chi connectivity index (χ1v) is 8.24. The zero-order valence-electron chi connectivity index (χ0n) is 13.1. The number of rotatable bonds is 4. The Hall–Kier alpha value is -1.43. The Kier molecular flexibility index (Phi) is 5.08. The fourth-order valence-corrected chi connectivity index (χ4v) is 3.26. The van der Waals surface area contributed by atoms with Crippen LogP contribution in [0.5, 0.6) is 0 Å². The minimum absolute atomic E-state index is 0.0142. The minimum Gasteiger partial charge on any atom is -0.370 e. The van der Waals surface area contributed by atoms with E-state index in [0.29, 0.717) is 25.7 Å². The molecule has 2 N–H and O–H groups in total. The van der Waals surface area contributed by atoms with Crippen LogP contribution in [0, 0.1) is 0 Å². The highest BCUT2D eigenvalue weighted by Gasteiger charge is 2.34. The molecule has 0 bridgehead atoms. The van der Waals surface area contributed by atoms with E-state index in [-0.39, 0.29) is 18.1 Å². The van der Waals surface area contributed by atoms with Crippen molar-refractivity contribution in [2.45, 2.75) is 44.4 Å². The number of nitrogens with one attached hydrogen (secondary N) is 2. The fourth-order valence-electron chi connectivity index (χ4n) is 3.26. The van der Waals surface area contributed by atoms with Crippen LogP contribution < -0.4 is 10.9 Å². The topological polar surface area (TPSA) is 53.6 Å². The Morgan fingerprint density at radius 2 is 2.14 bits per heavy atom. The summed E-state index contributed by atoms with van der Waals surface area (Å²) in [6.45, 7) is 4.09. The lowest BCUT2D eigenvalue weighted by Crippen LogP contribution is -2.50. The highest BCUT2D eigenvalue weighted by molar-refractivity contribution is 5.82. The van der Waals surface area contributed by atoms with Crippen molar-refractivity contribution in [1.29, 1.82) is 0 Å². The molecule has 0 saturated carbocycles. The molecule has 1 aromatic rings. The van der Waals surface area contributed by atoms with Gasteiger partial charge in [-0.3, -0.25) is 10.2 Å². The van der Waals surface area contributed by atoms with Gasteiger partial charge in [-0.2, -0.15) is 0 Å². The molecule has 1 aromatic carbocycles. The van der Waals surface area contributed by atoms with E-state index >= 15 is 0 Å². The second-order valence-corrected chi connectivity index (χ2v) is 6.12. The summed E-state index contributed by atoms with van der Waals surface area (Å²) in [6.07, 6.45) is 3.10. The van der Waals surface area contributed by atoms with Gasteiger partial charge in [0.15, 0.2) is 0 Å². The smallest absolute Gasteiger partial charge is 0.241 e. The summed E-state index contributed by atoms with van der Waals surface area (Å²) in [5.41, 5.74) is 7.54. The normalized spacial score (nSPS) is 28.8. The third-order valence-corrected chi connectivity index (χ3v) is 4.47. The lowest BCUT2D eigenvalue weighted by Gasteiger charge is -2.34. The number of benzene rings is 1. The van der Waals surface area contributed by atoms with E-state index < -0.39 is 0 Å². The molecule has 0 radical (unpaired) electrons. The van der Waals surface area contributed by atoms with Crippen molar-refractivity contribution in [3.63, 3.8) is 0 Å². The summed E-state index contributed by atoms with van der Waals surface area (Å²) in [5.74, 6) is 0.190. The lowest BCUT2D eigenvalue weighted by atomic mass is 10.0. The first-order chi connectivity index (χ1) is 10.8. The quantitative estimate of drug-likeness (QED) is 0.887. The molecule has 2 fully saturated rings. The number of hydrogen-bond donors (Lipinski definition) is 2. The van der Waals surface area contributed by atoms with E-state index in [9.17, 15) is 4.79 Å². The fraction of sp³-hybridized carbons (Fsp3) is 0.588. The van der Waals surface area contributed by atoms with Gasteiger partial charge in [-0.1, -0.05) is 43.7 Å². The van der Waals surface area contributed by atoms with E-state index in [4.69, 9.17) is 4.74 Å². The van der Waals surface area contributed by atoms with Crippen molar-refractivity contribution in [2.24, 2.45) is 0 Å². The predicted molar refractivity (Wildman–Crippen MR) is 85.1 cm³/mol. The van der Waals surface area contributed by atoms with E-state index in [1.807, 2.05) is 23.1 Å². The first kappa shape index (κ1) is 15.5. The maximum Gasteiger partial charge on any atom is 0.241 e. The number of hydrogen-bond acceptors (Lipinski definition) is 4. The van der Waals surface area contributed by atoms with E-state index in [2.05, 4.69) is 29.9 Å². The molecule has 5 heteroatoms. The number of nitrogens with zero attached hydrogens (tertiary/aromatic N) is 1. The van der Waals surface area contributed by atoms with Gasteiger partial charge in [-0.05, 0) is 18.4 Å². The predicted octanol–water partition coefficient (Wildman–Crippen LogP) is 1.62. The lowest BCUT2D eigenvalue weighted by molar-refractivity contribution is -0.141. The molecule has 0 aliphatic carbocycles. The van der Waals surface area contributed by atoms with Gasteiger partial charge in [-0.25, -0.2) is 5.43 Å². The molecular formula is C17H25N3O2. The summed E-state index contributed by atoms with van der Waals surface area (Å²) in [5, 5.41) is 0. The van der Waals surface area contributed by atoms with Crippen molar-refractivity contribution in [1.82, 2.24) is 15.8 Å². The van der Waals surface area contributed by atoms with Gasteiger partial charge in [0.25, 0.3) is 0 Å². The molecule has 1 amide bonds. The van der Waals surface area contributed by atoms with Crippen LogP contribution in [0.4, 0.5) is 0 Å². The zero-order chi connectivity index (χ0) is 15.4. The molecule has 5 nitrogen and oxygen atoms in total. The average Bonchev–Trinajstić information content (AvgIpc) is 3.04. The number of carbonyl (C=O) groups is 1. The number of carbonyl (C=O) groups excluding carboxylic acids is 1. The summed E-state index contributed by atoms with van der Waals surface area (Å²) < 4.78 is 5.84. The van der Waals surface area contributed by atoms with Crippen LogP contribution in [0.15, 0.2) is 30.3 Å². The van der Waals surface area contributed by atoms with Gasteiger partial charge >= 0.3 is 0 Å². The summed E-state index contributed by atoms with van der Waals surface area (Å²) in [6, 6.07) is 10.4. The highest BCUT2D eigenvalue weighted by atomic mass is 16.5. The number of morpholine rings is 1. The molecule has 2 heterocycles. The molecule has 120 valence electrons. The minimum atomic E-state index is -0.105. The molecule has 3 unspecified atom stereocenters. The number of ether oxygens (including phenoxy) is 1. The second-order valence-electron chi connectivity index (χ2n) is 6.12. The third kappa shape index (κ3) is 3.48. The molecule has 22 heavy (non-hydrogen) atoms. The van der Waals surface area contributed by atoms with Crippen LogP contribution in [0.1, 0.15) is 37.9 Å². The Morgan fingerprint density at radius 1 is 1.32 bits per heavy atom. The Labute approximate surface area is 132 Å². The average molecular weight is 303 g/mol. The van der Waals surface area contributed by atoms with Crippen molar-refractivity contribution in [2.75, 3.05) is 19.7 Å². The molecule has 0 aromatic heterocycles. The van der Waals surface area contributed by atoms with Gasteiger partial charge in [0.2, 0.25) is 5.91 Å². The van der Waals surface area contributed by atoms with Crippen molar-refractivity contribution in [3.8, 4) is 0 Å². The van der Waals surface area contributed by atoms with Gasteiger partial charge in [-0.15, -0.1) is 0 Å². The van der Waals surface area contributed by atoms with Crippen LogP contribution in [-0.2, 0) is 9.53 Å². The Morgan fingerprint density at radius 3 is 2.91 bits per heavy atom. The van der Waals surface area contributed by atoms with Crippen molar-refractivity contribution < 1.29 is 9.53 Å². The second kappa shape index (κ2) is 7.22.